The third kappa shape index (κ3) is 5.73. The molecule has 0 saturated carbocycles. The predicted molar refractivity (Wildman–Crippen MR) is 114 cm³/mol. The molecular formula is C21H20N4O3S. The third-order valence-electron chi connectivity index (χ3n) is 3.91. The summed E-state index contributed by atoms with van der Waals surface area (Å²) < 4.78 is 0. The zero-order valence-electron chi connectivity index (χ0n) is 15.8. The van der Waals surface area contributed by atoms with Crippen LogP contribution in [0.3, 0.4) is 0 Å². The molecule has 3 N–H and O–H groups in total. The van der Waals surface area contributed by atoms with Gasteiger partial charge in [-0.15, -0.1) is 0 Å². The van der Waals surface area contributed by atoms with Gasteiger partial charge in [0, 0.05) is 31.1 Å². The number of anilines is 2. The maximum absolute atomic E-state index is 12.2. The first kappa shape index (κ1) is 20.2. The van der Waals surface area contributed by atoms with E-state index in [-0.39, 0.29) is 30.7 Å². The van der Waals surface area contributed by atoms with Crippen LogP contribution in [0.2, 0.25) is 0 Å². The SMILES string of the molecule is CC(=O)c1sc(NC(=O)CCNC(=O)Nc2ccccc2)nc1-c1ccccc1. The first-order valence-corrected chi connectivity index (χ1v) is 9.81. The van der Waals surface area contributed by atoms with Gasteiger partial charge in [0.2, 0.25) is 5.91 Å². The Labute approximate surface area is 172 Å². The standard InChI is InChI=1S/C21H20N4O3S/c1-14(26)19-18(15-8-4-2-5-9-15)25-21(29-19)24-17(27)12-13-22-20(28)23-16-10-6-3-7-11-16/h2-11H,12-13H2,1H3,(H2,22,23,28)(H,24,25,27). The van der Waals surface area contributed by atoms with Crippen LogP contribution in [0.5, 0.6) is 0 Å². The summed E-state index contributed by atoms with van der Waals surface area (Å²) in [5.74, 6) is -0.408. The smallest absolute Gasteiger partial charge is 0.319 e. The van der Waals surface area contributed by atoms with Crippen molar-refractivity contribution in [2.75, 3.05) is 17.2 Å². The summed E-state index contributed by atoms with van der Waals surface area (Å²) in [6.07, 6.45) is 0.0812. The normalized spacial score (nSPS) is 10.2. The van der Waals surface area contributed by atoms with Crippen LogP contribution >= 0.6 is 11.3 Å². The van der Waals surface area contributed by atoms with Gasteiger partial charge < -0.3 is 16.0 Å². The summed E-state index contributed by atoms with van der Waals surface area (Å²) in [5, 5.41) is 8.35. The number of amides is 3. The van der Waals surface area contributed by atoms with Crippen molar-refractivity contribution in [2.45, 2.75) is 13.3 Å². The average Bonchev–Trinajstić information content (AvgIpc) is 3.13. The molecule has 0 spiro atoms. The highest BCUT2D eigenvalue weighted by Crippen LogP contribution is 2.31. The Morgan fingerprint density at radius 1 is 0.931 bits per heavy atom. The van der Waals surface area contributed by atoms with Crippen molar-refractivity contribution in [2.24, 2.45) is 0 Å². The number of hydrogen-bond acceptors (Lipinski definition) is 5. The molecular weight excluding hydrogens is 388 g/mol. The second kappa shape index (κ2) is 9.61. The summed E-state index contributed by atoms with van der Waals surface area (Å²) in [6.45, 7) is 1.64. The zero-order chi connectivity index (χ0) is 20.6. The molecule has 2 aromatic carbocycles. The number of benzene rings is 2. The van der Waals surface area contributed by atoms with E-state index in [1.54, 1.807) is 12.1 Å². The Morgan fingerprint density at radius 3 is 2.24 bits per heavy atom. The summed E-state index contributed by atoms with van der Waals surface area (Å²) in [4.78, 5) is 40.8. The molecule has 0 atom stereocenters. The number of aromatic nitrogens is 1. The van der Waals surface area contributed by atoms with Gasteiger partial charge in [-0.2, -0.15) is 0 Å². The monoisotopic (exact) mass is 408 g/mol. The number of thiazole rings is 1. The van der Waals surface area contributed by atoms with Gasteiger partial charge in [-0.1, -0.05) is 59.9 Å². The van der Waals surface area contributed by atoms with Crippen molar-refractivity contribution in [3.8, 4) is 11.3 Å². The number of hydrogen-bond donors (Lipinski definition) is 3. The molecule has 0 radical (unpaired) electrons. The molecule has 1 aromatic heterocycles. The minimum atomic E-state index is -0.386. The summed E-state index contributed by atoms with van der Waals surface area (Å²) in [7, 11) is 0. The first-order chi connectivity index (χ1) is 14.0. The van der Waals surface area contributed by atoms with Crippen LogP contribution in [-0.2, 0) is 4.79 Å². The highest BCUT2D eigenvalue weighted by Gasteiger charge is 2.17. The second-order valence-corrected chi connectivity index (χ2v) is 7.16. The number of nitrogens with one attached hydrogen (secondary N) is 3. The predicted octanol–water partition coefficient (Wildman–Crippen LogP) is 4.16. The van der Waals surface area contributed by atoms with E-state index in [0.717, 1.165) is 16.9 Å². The zero-order valence-corrected chi connectivity index (χ0v) is 16.6. The van der Waals surface area contributed by atoms with Crippen LogP contribution in [0, 0.1) is 0 Å². The first-order valence-electron chi connectivity index (χ1n) is 9.00. The molecule has 3 aromatic rings. The minimum absolute atomic E-state index is 0.0812. The molecule has 29 heavy (non-hydrogen) atoms. The van der Waals surface area contributed by atoms with Crippen LogP contribution in [0.25, 0.3) is 11.3 Å². The number of Topliss-reactive ketones (excluding diaryl/α,β-unsaturated/α-hetero) is 1. The fourth-order valence-corrected chi connectivity index (χ4v) is 3.47. The summed E-state index contributed by atoms with van der Waals surface area (Å²) >= 11 is 1.14. The lowest BCUT2D eigenvalue weighted by atomic mass is 10.1. The highest BCUT2D eigenvalue weighted by atomic mass is 32.1. The molecule has 0 aliphatic carbocycles. The van der Waals surface area contributed by atoms with Crippen LogP contribution in [0.1, 0.15) is 23.0 Å². The Balaban J connectivity index is 1.54. The van der Waals surface area contributed by atoms with Gasteiger partial charge in [-0.05, 0) is 12.1 Å². The molecule has 0 aliphatic heterocycles. The summed E-state index contributed by atoms with van der Waals surface area (Å²) in [5.41, 5.74) is 2.04. The third-order valence-corrected chi connectivity index (χ3v) is 4.98. The van der Waals surface area contributed by atoms with Crippen LogP contribution in [0.4, 0.5) is 15.6 Å². The highest BCUT2D eigenvalue weighted by molar-refractivity contribution is 7.18. The topological polar surface area (TPSA) is 100 Å². The van der Waals surface area contributed by atoms with Crippen LogP contribution in [-0.4, -0.2) is 29.3 Å². The molecule has 8 heteroatoms. The Bertz CT molecular complexity index is 1000. The molecule has 3 rings (SSSR count). The van der Waals surface area contributed by atoms with Crippen molar-refractivity contribution in [1.29, 1.82) is 0 Å². The van der Waals surface area contributed by atoms with Gasteiger partial charge in [-0.25, -0.2) is 9.78 Å². The lowest BCUT2D eigenvalue weighted by Gasteiger charge is -2.07. The number of carbonyl (C=O) groups excluding carboxylic acids is 3. The largest absolute Gasteiger partial charge is 0.337 e. The van der Waals surface area contributed by atoms with Crippen molar-refractivity contribution < 1.29 is 14.4 Å². The lowest BCUT2D eigenvalue weighted by molar-refractivity contribution is -0.116. The van der Waals surface area contributed by atoms with Crippen LogP contribution < -0.4 is 16.0 Å². The Morgan fingerprint density at radius 2 is 1.59 bits per heavy atom. The fraction of sp³-hybridized carbons (Fsp3) is 0.143. The molecule has 0 bridgehead atoms. The number of urea groups is 1. The van der Waals surface area contributed by atoms with Gasteiger partial charge in [0.1, 0.15) is 0 Å². The van der Waals surface area contributed by atoms with Gasteiger partial charge in [0.25, 0.3) is 0 Å². The van der Waals surface area contributed by atoms with Crippen molar-refractivity contribution in [1.82, 2.24) is 10.3 Å². The van der Waals surface area contributed by atoms with Crippen molar-refractivity contribution >= 4 is 39.9 Å². The summed E-state index contributed by atoms with van der Waals surface area (Å²) in [6, 6.07) is 18.0. The van der Waals surface area contributed by atoms with Gasteiger partial charge in [0.05, 0.1) is 10.6 Å². The Hall–Kier alpha value is -3.52. The molecule has 0 saturated heterocycles. The van der Waals surface area contributed by atoms with E-state index >= 15 is 0 Å². The van der Waals surface area contributed by atoms with Gasteiger partial charge in [0.15, 0.2) is 10.9 Å². The van der Waals surface area contributed by atoms with E-state index in [0.29, 0.717) is 21.4 Å². The molecule has 1 heterocycles. The maximum Gasteiger partial charge on any atom is 0.319 e. The molecule has 148 valence electrons. The van der Waals surface area contributed by atoms with Gasteiger partial charge >= 0.3 is 6.03 Å². The number of rotatable bonds is 7. The van der Waals surface area contributed by atoms with E-state index in [1.807, 2.05) is 48.5 Å². The molecule has 0 unspecified atom stereocenters. The molecule has 3 amide bonds. The van der Waals surface area contributed by atoms with Crippen molar-refractivity contribution in [3.63, 3.8) is 0 Å². The number of ketones is 1. The second-order valence-electron chi connectivity index (χ2n) is 6.16. The van der Waals surface area contributed by atoms with E-state index in [9.17, 15) is 14.4 Å². The number of para-hydroxylation sites is 1. The molecule has 0 fully saturated rings. The Kier molecular flexibility index (Phi) is 6.70. The van der Waals surface area contributed by atoms with E-state index in [2.05, 4.69) is 20.9 Å². The number of nitrogens with zero attached hydrogens (tertiary/aromatic N) is 1. The van der Waals surface area contributed by atoms with E-state index in [1.165, 1.54) is 6.92 Å². The van der Waals surface area contributed by atoms with Gasteiger partial charge in [-0.3, -0.25) is 9.59 Å². The quantitative estimate of drug-likeness (QED) is 0.511. The minimum Gasteiger partial charge on any atom is -0.337 e. The van der Waals surface area contributed by atoms with E-state index < -0.39 is 0 Å². The number of carbonyl (C=O) groups is 3. The molecule has 7 nitrogen and oxygen atoms in total. The molecule has 0 aliphatic rings. The van der Waals surface area contributed by atoms with Crippen molar-refractivity contribution in [3.05, 3.63) is 65.5 Å². The average molecular weight is 408 g/mol. The fourth-order valence-electron chi connectivity index (χ4n) is 2.57. The van der Waals surface area contributed by atoms with Crippen LogP contribution in [0.15, 0.2) is 60.7 Å². The van der Waals surface area contributed by atoms with E-state index in [4.69, 9.17) is 0 Å². The maximum atomic E-state index is 12.2. The lowest BCUT2D eigenvalue weighted by Crippen LogP contribution is -2.31.